The lowest BCUT2D eigenvalue weighted by Gasteiger charge is -1.98. The number of halogens is 1. The van der Waals surface area contributed by atoms with Gasteiger partial charge in [0.05, 0.1) is 5.69 Å². The summed E-state index contributed by atoms with van der Waals surface area (Å²) in [6.07, 6.45) is 2.32. The van der Waals surface area contributed by atoms with Crippen LogP contribution in [0.25, 0.3) is 5.65 Å². The number of carbonyl (C=O) groups is 1. The summed E-state index contributed by atoms with van der Waals surface area (Å²) in [5.41, 5.74) is 1.77. The summed E-state index contributed by atoms with van der Waals surface area (Å²) in [4.78, 5) is 15.3. The molecule has 0 aliphatic rings. The van der Waals surface area contributed by atoms with E-state index in [-0.39, 0.29) is 5.78 Å². The van der Waals surface area contributed by atoms with Gasteiger partial charge in [-0.05, 0) is 35.0 Å². The summed E-state index contributed by atoms with van der Waals surface area (Å²) in [6, 6.07) is 5.76. The second-order valence-electron chi connectivity index (χ2n) is 3.16. The van der Waals surface area contributed by atoms with E-state index < -0.39 is 0 Å². The van der Waals surface area contributed by atoms with Gasteiger partial charge in [-0.3, -0.25) is 4.79 Å². The van der Waals surface area contributed by atoms with Crippen LogP contribution in [0.3, 0.4) is 0 Å². The molecule has 0 spiro atoms. The molecule has 0 bridgehead atoms. The molecular weight excluding hydrogens is 244 g/mol. The SMILES string of the molecule is CC(=O)Cc1c(Br)nc2ccccn12. The molecule has 0 radical (unpaired) electrons. The third-order valence-corrected chi connectivity index (χ3v) is 2.63. The van der Waals surface area contributed by atoms with Crippen LogP contribution >= 0.6 is 15.9 Å². The van der Waals surface area contributed by atoms with Crippen LogP contribution in [0.15, 0.2) is 29.0 Å². The number of imidazole rings is 1. The lowest BCUT2D eigenvalue weighted by molar-refractivity contribution is -0.116. The first kappa shape index (κ1) is 9.40. The lowest BCUT2D eigenvalue weighted by Crippen LogP contribution is -2.00. The first-order valence-corrected chi connectivity index (χ1v) is 5.08. The van der Waals surface area contributed by atoms with E-state index in [2.05, 4.69) is 20.9 Å². The van der Waals surface area contributed by atoms with Crippen molar-refractivity contribution in [1.29, 1.82) is 0 Å². The number of pyridine rings is 1. The first-order valence-electron chi connectivity index (χ1n) is 4.29. The average Bonchev–Trinajstić information content (AvgIpc) is 2.43. The molecule has 0 fully saturated rings. The minimum atomic E-state index is 0.136. The van der Waals surface area contributed by atoms with Gasteiger partial charge in [0, 0.05) is 12.6 Å². The summed E-state index contributed by atoms with van der Waals surface area (Å²) in [5, 5.41) is 0. The van der Waals surface area contributed by atoms with Crippen LogP contribution in [0.5, 0.6) is 0 Å². The molecule has 0 unspecified atom stereocenters. The number of ketones is 1. The van der Waals surface area contributed by atoms with Gasteiger partial charge in [0.1, 0.15) is 16.0 Å². The highest BCUT2D eigenvalue weighted by molar-refractivity contribution is 9.10. The summed E-state index contributed by atoms with van der Waals surface area (Å²) in [6.45, 7) is 1.58. The van der Waals surface area contributed by atoms with E-state index in [0.717, 1.165) is 15.9 Å². The molecule has 2 rings (SSSR count). The zero-order valence-electron chi connectivity index (χ0n) is 7.70. The van der Waals surface area contributed by atoms with Gasteiger partial charge in [0.25, 0.3) is 0 Å². The van der Waals surface area contributed by atoms with E-state index in [0.29, 0.717) is 6.42 Å². The van der Waals surface area contributed by atoms with Gasteiger partial charge in [-0.15, -0.1) is 0 Å². The Morgan fingerprint density at radius 2 is 2.36 bits per heavy atom. The Bertz CT molecular complexity index is 490. The molecule has 0 N–H and O–H groups in total. The molecule has 0 aliphatic carbocycles. The highest BCUT2D eigenvalue weighted by atomic mass is 79.9. The highest BCUT2D eigenvalue weighted by Gasteiger charge is 2.10. The van der Waals surface area contributed by atoms with Crippen LogP contribution < -0.4 is 0 Å². The van der Waals surface area contributed by atoms with E-state index in [1.54, 1.807) is 6.92 Å². The molecule has 2 heterocycles. The Hall–Kier alpha value is -1.16. The van der Waals surface area contributed by atoms with E-state index in [4.69, 9.17) is 0 Å². The second-order valence-corrected chi connectivity index (χ2v) is 3.91. The first-order chi connectivity index (χ1) is 6.68. The maximum atomic E-state index is 11.0. The van der Waals surface area contributed by atoms with Crippen LogP contribution in [-0.4, -0.2) is 15.2 Å². The molecule has 0 aromatic carbocycles. The van der Waals surface area contributed by atoms with E-state index >= 15 is 0 Å². The van der Waals surface area contributed by atoms with Crippen LogP contribution in [0.4, 0.5) is 0 Å². The molecule has 14 heavy (non-hydrogen) atoms. The van der Waals surface area contributed by atoms with Crippen LogP contribution in [0, 0.1) is 0 Å². The summed E-state index contributed by atoms with van der Waals surface area (Å²) < 4.78 is 2.67. The molecule has 0 saturated heterocycles. The largest absolute Gasteiger partial charge is 0.302 e. The number of nitrogens with zero attached hydrogens (tertiary/aromatic N) is 2. The fraction of sp³-hybridized carbons (Fsp3) is 0.200. The van der Waals surface area contributed by atoms with Crippen molar-refractivity contribution in [1.82, 2.24) is 9.38 Å². The maximum Gasteiger partial charge on any atom is 0.138 e. The third kappa shape index (κ3) is 1.57. The van der Waals surface area contributed by atoms with Crippen molar-refractivity contribution in [2.24, 2.45) is 0 Å². The average molecular weight is 253 g/mol. The zero-order chi connectivity index (χ0) is 10.1. The maximum absolute atomic E-state index is 11.0. The Balaban J connectivity index is 2.62. The Morgan fingerprint density at radius 1 is 1.57 bits per heavy atom. The Labute approximate surface area is 89.9 Å². The molecule has 0 amide bonds. The molecule has 3 nitrogen and oxygen atoms in total. The molecule has 72 valence electrons. The third-order valence-electron chi connectivity index (χ3n) is 2.00. The van der Waals surface area contributed by atoms with Gasteiger partial charge in [-0.25, -0.2) is 4.98 Å². The minimum absolute atomic E-state index is 0.136. The highest BCUT2D eigenvalue weighted by Crippen LogP contribution is 2.18. The smallest absolute Gasteiger partial charge is 0.138 e. The van der Waals surface area contributed by atoms with Crippen molar-refractivity contribution in [3.8, 4) is 0 Å². The lowest BCUT2D eigenvalue weighted by atomic mass is 10.2. The molecular formula is C10H9BrN2O. The Kier molecular flexibility index (Phi) is 2.37. The van der Waals surface area contributed by atoms with Gasteiger partial charge in [-0.1, -0.05) is 6.07 Å². The van der Waals surface area contributed by atoms with Gasteiger partial charge < -0.3 is 4.40 Å². The second kappa shape index (κ2) is 3.53. The van der Waals surface area contributed by atoms with E-state index in [9.17, 15) is 4.79 Å². The fourth-order valence-corrected chi connectivity index (χ4v) is 1.92. The van der Waals surface area contributed by atoms with Crippen molar-refractivity contribution in [2.75, 3.05) is 0 Å². The number of hydrogen-bond acceptors (Lipinski definition) is 2. The predicted molar refractivity (Wildman–Crippen MR) is 57.3 cm³/mol. The molecule has 0 aliphatic heterocycles. The topological polar surface area (TPSA) is 34.4 Å². The Morgan fingerprint density at radius 3 is 3.07 bits per heavy atom. The van der Waals surface area contributed by atoms with Crippen LogP contribution in [0.1, 0.15) is 12.6 Å². The molecule has 0 saturated carbocycles. The molecule has 0 atom stereocenters. The van der Waals surface area contributed by atoms with Gasteiger partial charge >= 0.3 is 0 Å². The number of fused-ring (bicyclic) bond motifs is 1. The normalized spacial score (nSPS) is 10.7. The zero-order valence-corrected chi connectivity index (χ0v) is 9.28. The van der Waals surface area contributed by atoms with E-state index in [1.807, 2.05) is 28.8 Å². The number of aromatic nitrogens is 2. The molecule has 2 aromatic rings. The summed E-state index contributed by atoms with van der Waals surface area (Å²) >= 11 is 3.35. The van der Waals surface area contributed by atoms with Crippen molar-refractivity contribution >= 4 is 27.4 Å². The molecule has 4 heteroatoms. The number of carbonyl (C=O) groups excluding carboxylic acids is 1. The predicted octanol–water partition coefficient (Wildman–Crippen LogP) is 2.23. The standard InChI is InChI=1S/C10H9BrN2O/c1-7(14)6-8-10(11)12-9-4-2-3-5-13(8)9/h2-5H,6H2,1H3. The summed E-state index contributed by atoms with van der Waals surface area (Å²) in [5.74, 6) is 0.136. The van der Waals surface area contributed by atoms with Crippen molar-refractivity contribution < 1.29 is 4.79 Å². The van der Waals surface area contributed by atoms with Gasteiger partial charge in [-0.2, -0.15) is 0 Å². The van der Waals surface area contributed by atoms with Crippen LogP contribution in [-0.2, 0) is 11.2 Å². The monoisotopic (exact) mass is 252 g/mol. The van der Waals surface area contributed by atoms with E-state index in [1.165, 1.54) is 0 Å². The fourth-order valence-electron chi connectivity index (χ4n) is 1.41. The van der Waals surface area contributed by atoms with Crippen molar-refractivity contribution in [2.45, 2.75) is 13.3 Å². The van der Waals surface area contributed by atoms with Gasteiger partial charge in [0.15, 0.2) is 0 Å². The number of rotatable bonds is 2. The number of hydrogen-bond donors (Lipinski definition) is 0. The van der Waals surface area contributed by atoms with Crippen LogP contribution in [0.2, 0.25) is 0 Å². The van der Waals surface area contributed by atoms with Crippen molar-refractivity contribution in [3.63, 3.8) is 0 Å². The molecule has 2 aromatic heterocycles. The van der Waals surface area contributed by atoms with Crippen molar-refractivity contribution in [3.05, 3.63) is 34.7 Å². The minimum Gasteiger partial charge on any atom is -0.302 e. The quantitative estimate of drug-likeness (QED) is 0.822. The summed E-state index contributed by atoms with van der Waals surface area (Å²) in [7, 11) is 0. The van der Waals surface area contributed by atoms with Gasteiger partial charge in [0.2, 0.25) is 0 Å². The number of Topliss-reactive ketones (excluding diaryl/α,β-unsaturated/α-hetero) is 1.